The Hall–Kier alpha value is -3.22. The van der Waals surface area contributed by atoms with Crippen molar-refractivity contribution in [2.24, 2.45) is 4.99 Å². The van der Waals surface area contributed by atoms with Crippen LogP contribution in [0.15, 0.2) is 53.7 Å². The number of nitrogens with zero attached hydrogens (tertiary/aromatic N) is 1. The second-order valence-electron chi connectivity index (χ2n) is 6.63. The van der Waals surface area contributed by atoms with Gasteiger partial charge in [-0.05, 0) is 42.3 Å². The lowest BCUT2D eigenvalue weighted by atomic mass is 10.1. The maximum absolute atomic E-state index is 13.3. The average molecular weight is 382 g/mol. The number of aliphatic imine (C=N–C) groups is 1. The number of aromatic nitrogens is 1. The molecule has 2 aromatic carbocycles. The van der Waals surface area contributed by atoms with E-state index in [2.05, 4.69) is 20.6 Å². The summed E-state index contributed by atoms with van der Waals surface area (Å²) < 4.78 is 25.0. The molecule has 3 N–H and O–H groups in total. The SMILES string of the molecule is CN=C(NCCc1c[nH]c2cc(F)ccc12)NCC1COc2ccccc2O1. The van der Waals surface area contributed by atoms with E-state index >= 15 is 0 Å². The van der Waals surface area contributed by atoms with E-state index in [1.807, 2.05) is 36.5 Å². The predicted octanol–water partition coefficient (Wildman–Crippen LogP) is 2.85. The molecule has 4 rings (SSSR count). The highest BCUT2D eigenvalue weighted by Crippen LogP contribution is 2.30. The van der Waals surface area contributed by atoms with Crippen molar-refractivity contribution in [1.29, 1.82) is 0 Å². The summed E-state index contributed by atoms with van der Waals surface area (Å²) in [6, 6.07) is 12.5. The van der Waals surface area contributed by atoms with Crippen molar-refractivity contribution >= 4 is 16.9 Å². The summed E-state index contributed by atoms with van der Waals surface area (Å²) in [6.45, 7) is 1.78. The van der Waals surface area contributed by atoms with Crippen molar-refractivity contribution in [2.75, 3.05) is 26.7 Å². The smallest absolute Gasteiger partial charge is 0.191 e. The van der Waals surface area contributed by atoms with E-state index in [-0.39, 0.29) is 11.9 Å². The minimum atomic E-state index is -0.236. The zero-order valence-electron chi connectivity index (χ0n) is 15.7. The van der Waals surface area contributed by atoms with Crippen LogP contribution in [-0.4, -0.2) is 43.8 Å². The molecule has 0 amide bonds. The Balaban J connectivity index is 1.26. The summed E-state index contributed by atoms with van der Waals surface area (Å²) in [5.41, 5.74) is 1.95. The molecule has 0 spiro atoms. The molecule has 1 aliphatic heterocycles. The molecule has 1 atom stereocenters. The van der Waals surface area contributed by atoms with Gasteiger partial charge in [-0.3, -0.25) is 4.99 Å². The number of hydrogen-bond donors (Lipinski definition) is 3. The van der Waals surface area contributed by atoms with Gasteiger partial charge in [-0.1, -0.05) is 12.1 Å². The van der Waals surface area contributed by atoms with Crippen LogP contribution < -0.4 is 20.1 Å². The van der Waals surface area contributed by atoms with E-state index in [1.54, 1.807) is 7.05 Å². The first kappa shape index (κ1) is 18.2. The Kier molecular flexibility index (Phi) is 5.32. The van der Waals surface area contributed by atoms with Crippen LogP contribution in [0.2, 0.25) is 0 Å². The fourth-order valence-electron chi connectivity index (χ4n) is 3.28. The molecule has 7 heteroatoms. The zero-order valence-corrected chi connectivity index (χ0v) is 15.7. The van der Waals surface area contributed by atoms with Crippen LogP contribution >= 0.6 is 0 Å². The van der Waals surface area contributed by atoms with Crippen molar-refractivity contribution in [1.82, 2.24) is 15.6 Å². The van der Waals surface area contributed by atoms with Crippen LogP contribution in [0.3, 0.4) is 0 Å². The largest absolute Gasteiger partial charge is 0.486 e. The number of benzene rings is 2. The molecule has 0 saturated heterocycles. The van der Waals surface area contributed by atoms with Crippen molar-refractivity contribution in [2.45, 2.75) is 12.5 Å². The quantitative estimate of drug-likeness (QED) is 0.469. The molecular formula is C21H23FN4O2. The van der Waals surface area contributed by atoms with E-state index in [1.165, 1.54) is 12.1 Å². The fraction of sp³-hybridized carbons (Fsp3) is 0.286. The Morgan fingerprint density at radius 3 is 2.93 bits per heavy atom. The lowest BCUT2D eigenvalue weighted by Gasteiger charge is -2.27. The number of guanidine groups is 1. The van der Waals surface area contributed by atoms with Gasteiger partial charge in [0.2, 0.25) is 0 Å². The van der Waals surface area contributed by atoms with Crippen LogP contribution in [0, 0.1) is 5.82 Å². The van der Waals surface area contributed by atoms with Crippen molar-refractivity contribution in [3.8, 4) is 11.5 Å². The maximum Gasteiger partial charge on any atom is 0.191 e. The van der Waals surface area contributed by atoms with E-state index in [0.29, 0.717) is 25.7 Å². The second kappa shape index (κ2) is 8.21. The molecule has 1 unspecified atom stereocenters. The molecule has 0 aliphatic carbocycles. The predicted molar refractivity (Wildman–Crippen MR) is 108 cm³/mol. The Morgan fingerprint density at radius 2 is 2.07 bits per heavy atom. The number of H-pyrrole nitrogens is 1. The monoisotopic (exact) mass is 382 g/mol. The molecule has 3 aromatic rings. The number of nitrogens with one attached hydrogen (secondary N) is 3. The van der Waals surface area contributed by atoms with Crippen molar-refractivity contribution < 1.29 is 13.9 Å². The lowest BCUT2D eigenvalue weighted by molar-refractivity contribution is 0.0936. The van der Waals surface area contributed by atoms with E-state index in [4.69, 9.17) is 9.47 Å². The van der Waals surface area contributed by atoms with Gasteiger partial charge >= 0.3 is 0 Å². The minimum absolute atomic E-state index is 0.0861. The lowest BCUT2D eigenvalue weighted by Crippen LogP contribution is -2.45. The first-order chi connectivity index (χ1) is 13.7. The summed E-state index contributed by atoms with van der Waals surface area (Å²) >= 11 is 0. The Morgan fingerprint density at radius 1 is 1.21 bits per heavy atom. The molecule has 6 nitrogen and oxygen atoms in total. The normalized spacial score (nSPS) is 16.2. The number of hydrogen-bond acceptors (Lipinski definition) is 3. The van der Waals surface area contributed by atoms with Crippen LogP contribution in [0.4, 0.5) is 4.39 Å². The molecule has 0 fully saturated rings. The molecule has 0 radical (unpaired) electrons. The van der Waals surface area contributed by atoms with Crippen LogP contribution in [0.5, 0.6) is 11.5 Å². The summed E-state index contributed by atoms with van der Waals surface area (Å²) in [5, 5.41) is 7.61. The summed E-state index contributed by atoms with van der Waals surface area (Å²) in [6.07, 6.45) is 2.63. The maximum atomic E-state index is 13.3. The van der Waals surface area contributed by atoms with Gasteiger partial charge in [-0.2, -0.15) is 0 Å². The first-order valence-electron chi connectivity index (χ1n) is 9.31. The average Bonchev–Trinajstić information content (AvgIpc) is 3.12. The Bertz CT molecular complexity index is 985. The second-order valence-corrected chi connectivity index (χ2v) is 6.63. The van der Waals surface area contributed by atoms with Gasteiger partial charge in [0.25, 0.3) is 0 Å². The van der Waals surface area contributed by atoms with E-state index < -0.39 is 0 Å². The number of para-hydroxylation sites is 2. The molecule has 1 aromatic heterocycles. The van der Waals surface area contributed by atoms with Crippen molar-refractivity contribution in [3.63, 3.8) is 0 Å². The Labute approximate surface area is 162 Å². The van der Waals surface area contributed by atoms with Gasteiger partial charge in [0.15, 0.2) is 17.5 Å². The van der Waals surface area contributed by atoms with Gasteiger partial charge in [-0.25, -0.2) is 4.39 Å². The summed E-state index contributed by atoms with van der Waals surface area (Å²) in [5.74, 6) is 2.01. The zero-order chi connectivity index (χ0) is 19.3. The number of fused-ring (bicyclic) bond motifs is 2. The highest BCUT2D eigenvalue weighted by atomic mass is 19.1. The first-order valence-corrected chi connectivity index (χ1v) is 9.31. The van der Waals surface area contributed by atoms with Crippen LogP contribution in [0.1, 0.15) is 5.56 Å². The molecule has 2 heterocycles. The highest BCUT2D eigenvalue weighted by Gasteiger charge is 2.20. The van der Waals surface area contributed by atoms with E-state index in [9.17, 15) is 4.39 Å². The summed E-state index contributed by atoms with van der Waals surface area (Å²) in [7, 11) is 1.73. The number of aromatic amines is 1. The van der Waals surface area contributed by atoms with Gasteiger partial charge in [-0.15, -0.1) is 0 Å². The topological polar surface area (TPSA) is 70.7 Å². The molecule has 28 heavy (non-hydrogen) atoms. The fourth-order valence-corrected chi connectivity index (χ4v) is 3.28. The minimum Gasteiger partial charge on any atom is -0.486 e. The molecule has 0 bridgehead atoms. The standard InChI is InChI=1S/C21H23FN4O2/c1-23-21(26-12-16-13-27-19-4-2-3-5-20(19)28-16)24-9-8-14-11-25-18-10-15(22)6-7-17(14)18/h2-7,10-11,16,25H,8-9,12-13H2,1H3,(H2,23,24,26). The van der Waals surface area contributed by atoms with E-state index in [0.717, 1.165) is 34.4 Å². The van der Waals surface area contributed by atoms with Crippen molar-refractivity contribution in [3.05, 3.63) is 60.0 Å². The molecule has 0 saturated carbocycles. The third-order valence-corrected chi connectivity index (χ3v) is 4.70. The molecular weight excluding hydrogens is 359 g/mol. The van der Waals surface area contributed by atoms with Gasteiger partial charge < -0.3 is 25.1 Å². The number of ether oxygens (including phenoxy) is 2. The highest BCUT2D eigenvalue weighted by molar-refractivity contribution is 5.83. The van der Waals surface area contributed by atoms with Gasteiger partial charge in [0, 0.05) is 30.7 Å². The van der Waals surface area contributed by atoms with Crippen LogP contribution in [0.25, 0.3) is 10.9 Å². The van der Waals surface area contributed by atoms with Gasteiger partial charge in [0.1, 0.15) is 18.5 Å². The number of rotatable bonds is 5. The van der Waals surface area contributed by atoms with Gasteiger partial charge in [0.05, 0.1) is 6.54 Å². The molecule has 146 valence electrons. The molecule has 1 aliphatic rings. The third-order valence-electron chi connectivity index (χ3n) is 4.70. The third kappa shape index (κ3) is 4.03. The summed E-state index contributed by atoms with van der Waals surface area (Å²) in [4.78, 5) is 7.36. The number of halogens is 1. The van der Waals surface area contributed by atoms with Crippen LogP contribution in [-0.2, 0) is 6.42 Å².